The summed E-state index contributed by atoms with van der Waals surface area (Å²) in [6.45, 7) is 0.975. The lowest BCUT2D eigenvalue weighted by molar-refractivity contribution is -0.140. The summed E-state index contributed by atoms with van der Waals surface area (Å²) < 4.78 is 4.87. The molecule has 2 unspecified atom stereocenters. The van der Waals surface area contributed by atoms with Gasteiger partial charge in [0.05, 0.1) is 18.6 Å². The van der Waals surface area contributed by atoms with Crippen molar-refractivity contribution in [1.82, 2.24) is 10.2 Å². The maximum atomic E-state index is 11.7. The second kappa shape index (κ2) is 6.24. The van der Waals surface area contributed by atoms with Crippen molar-refractivity contribution in [3.8, 4) is 0 Å². The van der Waals surface area contributed by atoms with Crippen LogP contribution in [0.25, 0.3) is 0 Å². The molecule has 6 nitrogen and oxygen atoms in total. The smallest absolute Gasteiger partial charge is 0.317 e. The molecule has 1 rings (SSSR count). The summed E-state index contributed by atoms with van der Waals surface area (Å²) >= 11 is 0. The highest BCUT2D eigenvalue weighted by atomic mass is 16.5. The molecule has 0 aromatic carbocycles. The number of rotatable bonds is 5. The van der Waals surface area contributed by atoms with Crippen LogP contribution < -0.4 is 5.32 Å². The van der Waals surface area contributed by atoms with Gasteiger partial charge in [-0.2, -0.15) is 0 Å². The third kappa shape index (κ3) is 4.07. The molecule has 0 saturated heterocycles. The van der Waals surface area contributed by atoms with Crippen LogP contribution in [0.5, 0.6) is 0 Å². The number of aliphatic carboxylic acids is 1. The highest BCUT2D eigenvalue weighted by Gasteiger charge is 2.25. The predicted octanol–water partition coefficient (Wildman–Crippen LogP) is 0.303. The van der Waals surface area contributed by atoms with Crippen LogP contribution in [0.1, 0.15) is 6.42 Å². The third-order valence-corrected chi connectivity index (χ3v) is 2.69. The van der Waals surface area contributed by atoms with E-state index in [0.717, 1.165) is 0 Å². The highest BCUT2D eigenvalue weighted by molar-refractivity contribution is 5.76. The maximum absolute atomic E-state index is 11.7. The molecule has 0 aliphatic heterocycles. The Kier molecular flexibility index (Phi) is 4.96. The molecule has 0 fully saturated rings. The molecule has 17 heavy (non-hydrogen) atoms. The van der Waals surface area contributed by atoms with Crippen molar-refractivity contribution in [1.29, 1.82) is 0 Å². The second-order valence-electron chi connectivity index (χ2n) is 4.04. The van der Waals surface area contributed by atoms with E-state index in [0.29, 0.717) is 19.6 Å². The van der Waals surface area contributed by atoms with Crippen molar-refractivity contribution in [2.45, 2.75) is 12.5 Å². The molecule has 0 bridgehead atoms. The lowest BCUT2D eigenvalue weighted by Crippen LogP contribution is -2.43. The number of carboxylic acid groups (broad SMARTS) is 1. The van der Waals surface area contributed by atoms with Crippen LogP contribution >= 0.6 is 0 Å². The molecule has 0 saturated carbocycles. The zero-order valence-corrected chi connectivity index (χ0v) is 10.0. The van der Waals surface area contributed by atoms with Crippen molar-refractivity contribution >= 4 is 12.0 Å². The number of methoxy groups -OCH3 is 1. The Morgan fingerprint density at radius 2 is 2.24 bits per heavy atom. The topological polar surface area (TPSA) is 78.9 Å². The molecule has 0 aromatic rings. The fourth-order valence-electron chi connectivity index (χ4n) is 1.59. The van der Waals surface area contributed by atoms with Crippen molar-refractivity contribution in [2.24, 2.45) is 5.92 Å². The van der Waals surface area contributed by atoms with Crippen molar-refractivity contribution in [3.63, 3.8) is 0 Å². The first kappa shape index (κ1) is 13.5. The summed E-state index contributed by atoms with van der Waals surface area (Å²) in [7, 11) is 3.24. The average molecular weight is 242 g/mol. The van der Waals surface area contributed by atoms with Crippen LogP contribution in [-0.4, -0.2) is 55.4 Å². The number of nitrogens with zero attached hydrogens (tertiary/aromatic N) is 1. The molecule has 6 heteroatoms. The van der Waals surface area contributed by atoms with Gasteiger partial charge in [-0.1, -0.05) is 12.2 Å². The Morgan fingerprint density at radius 1 is 1.53 bits per heavy atom. The van der Waals surface area contributed by atoms with E-state index in [1.54, 1.807) is 26.3 Å². The molecule has 0 aromatic heterocycles. The summed E-state index contributed by atoms with van der Waals surface area (Å²) in [5, 5.41) is 11.6. The first-order valence-corrected chi connectivity index (χ1v) is 5.46. The number of amides is 2. The SMILES string of the molecule is COCCN(C)C(=O)NC1C=CC(C(=O)O)C1. The van der Waals surface area contributed by atoms with Crippen LogP contribution in [-0.2, 0) is 9.53 Å². The van der Waals surface area contributed by atoms with Crippen molar-refractivity contribution in [3.05, 3.63) is 12.2 Å². The Balaban J connectivity index is 2.33. The number of hydrogen-bond donors (Lipinski definition) is 2. The molecule has 0 heterocycles. The lowest BCUT2D eigenvalue weighted by Gasteiger charge is -2.20. The standard InChI is InChI=1S/C11H18N2O4/c1-13(5-6-17-2)11(16)12-9-4-3-8(7-9)10(14)15/h3-4,8-9H,5-7H2,1-2H3,(H,12,16)(H,14,15). The van der Waals surface area contributed by atoms with Crippen LogP contribution in [0.4, 0.5) is 4.79 Å². The van der Waals surface area contributed by atoms with Gasteiger partial charge in [-0.05, 0) is 6.42 Å². The summed E-state index contributed by atoms with van der Waals surface area (Å²) in [6, 6.07) is -0.420. The quantitative estimate of drug-likeness (QED) is 0.680. The van der Waals surface area contributed by atoms with Gasteiger partial charge in [-0.3, -0.25) is 4.79 Å². The van der Waals surface area contributed by atoms with E-state index in [-0.39, 0.29) is 12.1 Å². The van der Waals surface area contributed by atoms with Gasteiger partial charge in [0.2, 0.25) is 0 Å². The number of nitrogens with one attached hydrogen (secondary N) is 1. The van der Waals surface area contributed by atoms with E-state index >= 15 is 0 Å². The molecule has 0 radical (unpaired) electrons. The molecule has 96 valence electrons. The van der Waals surface area contributed by atoms with Crippen molar-refractivity contribution in [2.75, 3.05) is 27.3 Å². The molecule has 2 amide bonds. The van der Waals surface area contributed by atoms with Crippen LogP contribution in [0, 0.1) is 5.92 Å². The summed E-state index contributed by atoms with van der Waals surface area (Å²) in [6.07, 6.45) is 3.75. The minimum absolute atomic E-state index is 0.200. The molecule has 1 aliphatic rings. The van der Waals surface area contributed by atoms with Crippen LogP contribution in [0.3, 0.4) is 0 Å². The number of carbonyl (C=O) groups excluding carboxylic acids is 1. The van der Waals surface area contributed by atoms with E-state index in [4.69, 9.17) is 9.84 Å². The van der Waals surface area contributed by atoms with Crippen molar-refractivity contribution < 1.29 is 19.4 Å². The average Bonchev–Trinajstić information content (AvgIpc) is 2.74. The number of hydrogen-bond acceptors (Lipinski definition) is 3. The zero-order chi connectivity index (χ0) is 12.8. The summed E-state index contributed by atoms with van der Waals surface area (Å²) in [4.78, 5) is 23.9. The Labute approximate surface area is 100 Å². The third-order valence-electron chi connectivity index (χ3n) is 2.69. The minimum atomic E-state index is -0.856. The van der Waals surface area contributed by atoms with Gasteiger partial charge >= 0.3 is 12.0 Å². The molecular weight excluding hydrogens is 224 g/mol. The molecule has 2 N–H and O–H groups in total. The number of likely N-dealkylation sites (N-methyl/N-ethyl adjacent to an activating group) is 1. The van der Waals surface area contributed by atoms with Gasteiger partial charge < -0.3 is 20.1 Å². The van der Waals surface area contributed by atoms with E-state index in [1.165, 1.54) is 4.90 Å². The maximum Gasteiger partial charge on any atom is 0.317 e. The minimum Gasteiger partial charge on any atom is -0.481 e. The monoisotopic (exact) mass is 242 g/mol. The van der Waals surface area contributed by atoms with E-state index in [9.17, 15) is 9.59 Å². The molecule has 1 aliphatic carbocycles. The fourth-order valence-corrected chi connectivity index (χ4v) is 1.59. The molecule has 2 atom stereocenters. The van der Waals surface area contributed by atoms with Crippen LogP contribution in [0.2, 0.25) is 0 Å². The fraction of sp³-hybridized carbons (Fsp3) is 0.636. The summed E-state index contributed by atoms with van der Waals surface area (Å²) in [5.74, 6) is -1.35. The van der Waals surface area contributed by atoms with Crippen LogP contribution in [0.15, 0.2) is 12.2 Å². The predicted molar refractivity (Wildman–Crippen MR) is 61.7 cm³/mol. The van der Waals surface area contributed by atoms with Gasteiger partial charge in [0.15, 0.2) is 0 Å². The van der Waals surface area contributed by atoms with Gasteiger partial charge in [-0.15, -0.1) is 0 Å². The second-order valence-corrected chi connectivity index (χ2v) is 4.04. The largest absolute Gasteiger partial charge is 0.481 e. The molecule has 0 spiro atoms. The van der Waals surface area contributed by atoms with Gasteiger partial charge in [0.25, 0.3) is 0 Å². The number of carbonyl (C=O) groups is 2. The molecular formula is C11H18N2O4. The van der Waals surface area contributed by atoms with Gasteiger partial charge in [-0.25, -0.2) is 4.79 Å². The lowest BCUT2D eigenvalue weighted by atomic mass is 10.1. The summed E-state index contributed by atoms with van der Waals surface area (Å²) in [5.41, 5.74) is 0. The van der Waals surface area contributed by atoms with E-state index < -0.39 is 11.9 Å². The Bertz CT molecular complexity index is 317. The number of carboxylic acids is 1. The first-order valence-electron chi connectivity index (χ1n) is 5.46. The van der Waals surface area contributed by atoms with Gasteiger partial charge in [0.1, 0.15) is 0 Å². The number of ether oxygens (including phenoxy) is 1. The first-order chi connectivity index (χ1) is 8.04. The van der Waals surface area contributed by atoms with E-state index in [1.807, 2.05) is 0 Å². The normalized spacial score (nSPS) is 22.5. The Hall–Kier alpha value is -1.56. The Morgan fingerprint density at radius 3 is 2.76 bits per heavy atom. The highest BCUT2D eigenvalue weighted by Crippen LogP contribution is 2.17. The number of urea groups is 1. The zero-order valence-electron chi connectivity index (χ0n) is 10.0. The van der Waals surface area contributed by atoms with Gasteiger partial charge in [0, 0.05) is 20.7 Å². The van der Waals surface area contributed by atoms with E-state index in [2.05, 4.69) is 5.32 Å².